The second-order valence-electron chi connectivity index (χ2n) is 4.29. The Kier molecular flexibility index (Phi) is 2.01. The predicted molar refractivity (Wildman–Crippen MR) is 60.4 cm³/mol. The summed E-state index contributed by atoms with van der Waals surface area (Å²) < 4.78 is 1.13. The standard InChI is InChI=1S/C11H13BrN2/c12-10-2-1-5-13-11(10)14-7-8-3-4-9(14)6-8/h1-2,5,8-9H,3-4,6-7H2. The van der Waals surface area contributed by atoms with Crippen molar-refractivity contribution in [3.63, 3.8) is 0 Å². The average Bonchev–Trinajstić information content (AvgIpc) is 2.79. The van der Waals surface area contributed by atoms with Gasteiger partial charge in [0, 0.05) is 18.8 Å². The molecule has 2 atom stereocenters. The van der Waals surface area contributed by atoms with Crippen molar-refractivity contribution in [3.05, 3.63) is 22.8 Å². The van der Waals surface area contributed by atoms with Crippen molar-refractivity contribution >= 4 is 21.7 Å². The van der Waals surface area contributed by atoms with Crippen LogP contribution >= 0.6 is 15.9 Å². The highest BCUT2D eigenvalue weighted by Gasteiger charge is 2.38. The highest BCUT2D eigenvalue weighted by atomic mass is 79.9. The van der Waals surface area contributed by atoms with E-state index in [0.29, 0.717) is 0 Å². The SMILES string of the molecule is Brc1cccnc1N1CC2CCC1C2. The monoisotopic (exact) mass is 252 g/mol. The van der Waals surface area contributed by atoms with Crippen LogP contribution in [0.4, 0.5) is 5.82 Å². The zero-order valence-electron chi connectivity index (χ0n) is 7.99. The summed E-state index contributed by atoms with van der Waals surface area (Å²) in [4.78, 5) is 6.93. The molecule has 1 saturated heterocycles. The minimum atomic E-state index is 0.756. The first-order chi connectivity index (χ1) is 6.84. The number of pyridine rings is 1. The summed E-state index contributed by atoms with van der Waals surface area (Å²) in [5.74, 6) is 2.06. The molecule has 2 bridgehead atoms. The van der Waals surface area contributed by atoms with Crippen LogP contribution in [0.25, 0.3) is 0 Å². The summed E-state index contributed by atoms with van der Waals surface area (Å²) in [6.45, 7) is 1.21. The molecule has 0 aromatic carbocycles. The van der Waals surface area contributed by atoms with E-state index in [0.717, 1.165) is 22.3 Å². The predicted octanol–water partition coefficient (Wildman–Crippen LogP) is 2.83. The second kappa shape index (κ2) is 3.23. The highest BCUT2D eigenvalue weighted by molar-refractivity contribution is 9.10. The van der Waals surface area contributed by atoms with Gasteiger partial charge in [0.25, 0.3) is 0 Å². The van der Waals surface area contributed by atoms with Gasteiger partial charge in [0.2, 0.25) is 0 Å². The molecular weight excluding hydrogens is 240 g/mol. The Morgan fingerprint density at radius 3 is 3.00 bits per heavy atom. The Balaban J connectivity index is 1.93. The molecule has 74 valence electrons. The quantitative estimate of drug-likeness (QED) is 0.765. The third-order valence-corrected chi connectivity index (χ3v) is 4.04. The fraction of sp³-hybridized carbons (Fsp3) is 0.545. The molecule has 2 fully saturated rings. The van der Waals surface area contributed by atoms with Crippen LogP contribution in [0.5, 0.6) is 0 Å². The van der Waals surface area contributed by atoms with Crippen LogP contribution in [0.3, 0.4) is 0 Å². The number of hydrogen-bond acceptors (Lipinski definition) is 2. The lowest BCUT2D eigenvalue weighted by Gasteiger charge is -2.28. The molecule has 3 heteroatoms. The first-order valence-corrected chi connectivity index (χ1v) is 6.01. The maximum absolute atomic E-state index is 4.46. The second-order valence-corrected chi connectivity index (χ2v) is 5.15. The van der Waals surface area contributed by atoms with Crippen molar-refractivity contribution < 1.29 is 0 Å². The van der Waals surface area contributed by atoms with Gasteiger partial charge in [-0.1, -0.05) is 0 Å². The summed E-state index contributed by atoms with van der Waals surface area (Å²) in [6.07, 6.45) is 6.04. The van der Waals surface area contributed by atoms with Gasteiger partial charge in [0.1, 0.15) is 5.82 Å². The summed E-state index contributed by atoms with van der Waals surface area (Å²) in [5, 5.41) is 0. The summed E-state index contributed by atoms with van der Waals surface area (Å²) in [6, 6.07) is 4.81. The zero-order chi connectivity index (χ0) is 9.54. The first kappa shape index (κ1) is 8.72. The van der Waals surface area contributed by atoms with Gasteiger partial charge >= 0.3 is 0 Å². The molecule has 1 aromatic rings. The summed E-state index contributed by atoms with van der Waals surface area (Å²) in [7, 11) is 0. The van der Waals surface area contributed by atoms with Gasteiger partial charge in [0.15, 0.2) is 0 Å². The van der Waals surface area contributed by atoms with Crippen molar-refractivity contribution in [2.24, 2.45) is 5.92 Å². The number of piperidine rings is 1. The van der Waals surface area contributed by atoms with Crippen LogP contribution in [-0.4, -0.2) is 17.6 Å². The van der Waals surface area contributed by atoms with E-state index in [1.807, 2.05) is 12.3 Å². The van der Waals surface area contributed by atoms with Gasteiger partial charge in [-0.3, -0.25) is 0 Å². The van der Waals surface area contributed by atoms with E-state index >= 15 is 0 Å². The van der Waals surface area contributed by atoms with E-state index in [2.05, 4.69) is 31.9 Å². The van der Waals surface area contributed by atoms with Crippen LogP contribution in [0.1, 0.15) is 19.3 Å². The van der Waals surface area contributed by atoms with Crippen LogP contribution < -0.4 is 4.90 Å². The lowest BCUT2D eigenvalue weighted by atomic mass is 10.1. The molecule has 2 nitrogen and oxygen atoms in total. The third-order valence-electron chi connectivity index (χ3n) is 3.42. The number of anilines is 1. The number of hydrogen-bond donors (Lipinski definition) is 0. The number of rotatable bonds is 1. The number of nitrogens with zero attached hydrogens (tertiary/aromatic N) is 2. The molecule has 2 unspecified atom stereocenters. The normalized spacial score (nSPS) is 29.9. The van der Waals surface area contributed by atoms with Crippen LogP contribution in [0.15, 0.2) is 22.8 Å². The Morgan fingerprint density at radius 1 is 1.43 bits per heavy atom. The first-order valence-electron chi connectivity index (χ1n) is 5.22. The Hall–Kier alpha value is -0.570. The van der Waals surface area contributed by atoms with E-state index in [-0.39, 0.29) is 0 Å². The molecule has 2 aliphatic rings. The zero-order valence-corrected chi connectivity index (χ0v) is 9.57. The lowest BCUT2D eigenvalue weighted by Crippen LogP contribution is -2.32. The van der Waals surface area contributed by atoms with Crippen molar-refractivity contribution in [1.29, 1.82) is 0 Å². The van der Waals surface area contributed by atoms with Crippen molar-refractivity contribution in [1.82, 2.24) is 4.98 Å². The fourth-order valence-electron chi connectivity index (χ4n) is 2.77. The smallest absolute Gasteiger partial charge is 0.143 e. The molecule has 0 amide bonds. The summed E-state index contributed by atoms with van der Waals surface area (Å²) >= 11 is 3.57. The van der Waals surface area contributed by atoms with Gasteiger partial charge < -0.3 is 4.90 Å². The molecule has 14 heavy (non-hydrogen) atoms. The maximum atomic E-state index is 4.46. The van der Waals surface area contributed by atoms with Gasteiger partial charge in [-0.05, 0) is 53.2 Å². The van der Waals surface area contributed by atoms with E-state index in [4.69, 9.17) is 0 Å². The maximum Gasteiger partial charge on any atom is 0.143 e. The number of aromatic nitrogens is 1. The van der Waals surface area contributed by atoms with E-state index in [1.165, 1.54) is 25.8 Å². The highest BCUT2D eigenvalue weighted by Crippen LogP contribution is 2.41. The van der Waals surface area contributed by atoms with Crippen LogP contribution in [-0.2, 0) is 0 Å². The molecule has 2 heterocycles. The molecule has 3 rings (SSSR count). The van der Waals surface area contributed by atoms with E-state index in [9.17, 15) is 0 Å². The minimum absolute atomic E-state index is 0.756. The van der Waals surface area contributed by atoms with Crippen molar-refractivity contribution in [2.75, 3.05) is 11.4 Å². The minimum Gasteiger partial charge on any atom is -0.352 e. The lowest BCUT2D eigenvalue weighted by molar-refractivity contribution is 0.550. The molecule has 0 spiro atoms. The number of fused-ring (bicyclic) bond motifs is 2. The largest absolute Gasteiger partial charge is 0.352 e. The van der Waals surface area contributed by atoms with Gasteiger partial charge in [-0.25, -0.2) is 4.98 Å². The van der Waals surface area contributed by atoms with E-state index in [1.54, 1.807) is 0 Å². The molecule has 1 saturated carbocycles. The average molecular weight is 253 g/mol. The van der Waals surface area contributed by atoms with Gasteiger partial charge in [-0.15, -0.1) is 0 Å². The Morgan fingerprint density at radius 2 is 2.36 bits per heavy atom. The molecule has 0 N–H and O–H groups in total. The van der Waals surface area contributed by atoms with E-state index < -0.39 is 0 Å². The molecule has 1 aromatic heterocycles. The van der Waals surface area contributed by atoms with Crippen molar-refractivity contribution in [3.8, 4) is 0 Å². The molecular formula is C11H13BrN2. The molecule has 1 aliphatic heterocycles. The van der Waals surface area contributed by atoms with Crippen molar-refractivity contribution in [2.45, 2.75) is 25.3 Å². The fourth-order valence-corrected chi connectivity index (χ4v) is 3.26. The number of halogens is 1. The third kappa shape index (κ3) is 1.26. The van der Waals surface area contributed by atoms with Crippen LogP contribution in [0.2, 0.25) is 0 Å². The molecule has 1 aliphatic carbocycles. The van der Waals surface area contributed by atoms with Gasteiger partial charge in [0.05, 0.1) is 4.47 Å². The van der Waals surface area contributed by atoms with Gasteiger partial charge in [-0.2, -0.15) is 0 Å². The van der Waals surface area contributed by atoms with Crippen LogP contribution in [0, 0.1) is 5.92 Å². The topological polar surface area (TPSA) is 16.1 Å². The Labute approximate surface area is 92.5 Å². The Bertz CT molecular complexity index is 353. The summed E-state index contributed by atoms with van der Waals surface area (Å²) in [5.41, 5.74) is 0. The molecule has 0 radical (unpaired) electrons.